The molecule has 1 aliphatic carbocycles. The number of fused-ring (bicyclic) bond motifs is 2. The first-order chi connectivity index (χ1) is 7.80. The monoisotopic (exact) mass is 279 g/mol. The molecule has 1 saturated carbocycles. The van der Waals surface area contributed by atoms with Crippen LogP contribution in [0.15, 0.2) is 27.7 Å². The number of benzene rings is 1. The van der Waals surface area contributed by atoms with E-state index >= 15 is 0 Å². The average Bonchev–Trinajstić information content (AvgIpc) is 2.32. The van der Waals surface area contributed by atoms with Crippen LogP contribution in [-0.2, 0) is 10.3 Å². The van der Waals surface area contributed by atoms with Crippen LogP contribution in [0.25, 0.3) is 0 Å². The highest BCUT2D eigenvalue weighted by Crippen LogP contribution is 2.46. The molecule has 3 rings (SSSR count). The fraction of sp³-hybridized carbons (Fsp3) is 0.462. The molecule has 1 aromatic carbocycles. The summed E-state index contributed by atoms with van der Waals surface area (Å²) in [7, 11) is 0. The van der Waals surface area contributed by atoms with Gasteiger partial charge in [-0.2, -0.15) is 0 Å². The van der Waals surface area contributed by atoms with Gasteiger partial charge in [-0.25, -0.2) is 4.99 Å². The van der Waals surface area contributed by atoms with Crippen LogP contribution in [0.3, 0.4) is 0 Å². The quantitative estimate of drug-likeness (QED) is 0.694. The normalized spacial score (nSPS) is 21.6. The van der Waals surface area contributed by atoms with Gasteiger partial charge in [-0.15, -0.1) is 0 Å². The lowest BCUT2D eigenvalue weighted by molar-refractivity contribution is 0.0182. The van der Waals surface area contributed by atoms with Gasteiger partial charge in [-0.05, 0) is 43.9 Å². The Morgan fingerprint density at radius 2 is 2.00 bits per heavy atom. The molecule has 0 saturated heterocycles. The maximum atomic E-state index is 5.88. The lowest BCUT2D eigenvalue weighted by atomic mass is 9.78. The molecule has 0 radical (unpaired) electrons. The molecule has 0 bridgehead atoms. The summed E-state index contributed by atoms with van der Waals surface area (Å²) < 4.78 is 6.98. The molecule has 1 spiro atoms. The molecule has 0 atom stereocenters. The zero-order chi connectivity index (χ0) is 11.0. The molecule has 1 aromatic rings. The van der Waals surface area contributed by atoms with E-state index in [2.05, 4.69) is 33.1 Å². The molecular formula is C13H14BrNO. The zero-order valence-electron chi connectivity index (χ0n) is 9.08. The van der Waals surface area contributed by atoms with Crippen molar-refractivity contribution < 1.29 is 4.74 Å². The molecule has 1 heterocycles. The van der Waals surface area contributed by atoms with Gasteiger partial charge in [0.2, 0.25) is 0 Å². The number of nitrogens with zero attached hydrogens (tertiary/aromatic N) is 1. The number of aliphatic imine (C=N–C) groups is 1. The minimum atomic E-state index is -0.0981. The summed E-state index contributed by atoms with van der Waals surface area (Å²) in [6.07, 6.45) is 7.68. The number of hydrogen-bond donors (Lipinski definition) is 0. The van der Waals surface area contributed by atoms with Crippen LogP contribution in [-0.4, -0.2) is 6.40 Å². The van der Waals surface area contributed by atoms with Crippen molar-refractivity contribution in [1.29, 1.82) is 0 Å². The first-order valence-electron chi connectivity index (χ1n) is 5.81. The second-order valence-electron chi connectivity index (χ2n) is 4.57. The van der Waals surface area contributed by atoms with Crippen LogP contribution < -0.4 is 0 Å². The predicted octanol–water partition coefficient (Wildman–Crippen LogP) is 4.30. The first-order valence-corrected chi connectivity index (χ1v) is 6.60. The van der Waals surface area contributed by atoms with Crippen LogP contribution in [0.1, 0.15) is 37.7 Å². The predicted molar refractivity (Wildman–Crippen MR) is 68.1 cm³/mol. The van der Waals surface area contributed by atoms with E-state index in [1.54, 1.807) is 6.40 Å². The van der Waals surface area contributed by atoms with Crippen LogP contribution in [0.2, 0.25) is 0 Å². The lowest BCUT2D eigenvalue weighted by Gasteiger charge is -2.39. The Hall–Kier alpha value is -0.830. The van der Waals surface area contributed by atoms with Crippen LogP contribution in [0.4, 0.5) is 5.69 Å². The number of halogens is 1. The van der Waals surface area contributed by atoms with E-state index in [4.69, 9.17) is 4.74 Å². The van der Waals surface area contributed by atoms with Crippen LogP contribution >= 0.6 is 15.9 Å². The standard InChI is InChI=1S/C13H14BrNO/c14-10-4-5-12-11(8-10)13(16-9-15-12)6-2-1-3-7-13/h4-5,8-9H,1-3,6-7H2. The van der Waals surface area contributed by atoms with Gasteiger partial charge < -0.3 is 4.74 Å². The molecule has 16 heavy (non-hydrogen) atoms. The summed E-state index contributed by atoms with van der Waals surface area (Å²) in [6, 6.07) is 6.27. The lowest BCUT2D eigenvalue weighted by Crippen LogP contribution is -2.33. The van der Waals surface area contributed by atoms with E-state index in [1.807, 2.05) is 6.07 Å². The highest BCUT2D eigenvalue weighted by molar-refractivity contribution is 9.10. The van der Waals surface area contributed by atoms with Crippen molar-refractivity contribution in [2.45, 2.75) is 37.7 Å². The van der Waals surface area contributed by atoms with Crippen molar-refractivity contribution in [2.75, 3.05) is 0 Å². The Bertz CT molecular complexity index is 436. The van der Waals surface area contributed by atoms with Crippen LogP contribution in [0.5, 0.6) is 0 Å². The maximum absolute atomic E-state index is 5.88. The molecule has 1 fully saturated rings. The summed E-state index contributed by atoms with van der Waals surface area (Å²) >= 11 is 3.53. The molecule has 2 nitrogen and oxygen atoms in total. The van der Waals surface area contributed by atoms with E-state index in [0.717, 1.165) is 23.0 Å². The van der Waals surface area contributed by atoms with Crippen molar-refractivity contribution in [1.82, 2.24) is 0 Å². The molecule has 0 N–H and O–H groups in total. The minimum absolute atomic E-state index is 0.0981. The largest absolute Gasteiger partial charge is 0.472 e. The van der Waals surface area contributed by atoms with E-state index < -0.39 is 0 Å². The fourth-order valence-electron chi connectivity index (χ4n) is 2.74. The molecule has 0 unspecified atom stereocenters. The number of ether oxygens (including phenoxy) is 1. The summed E-state index contributed by atoms with van der Waals surface area (Å²) in [5, 5.41) is 0. The topological polar surface area (TPSA) is 21.6 Å². The van der Waals surface area contributed by atoms with Crippen molar-refractivity contribution in [3.63, 3.8) is 0 Å². The van der Waals surface area contributed by atoms with Gasteiger partial charge in [-0.3, -0.25) is 0 Å². The third-order valence-corrected chi connectivity index (χ3v) is 4.07. The third-order valence-electron chi connectivity index (χ3n) is 3.58. The zero-order valence-corrected chi connectivity index (χ0v) is 10.7. The SMILES string of the molecule is Brc1ccc2c(c1)C1(CCCCC1)OC=N2. The molecule has 0 aromatic heterocycles. The highest BCUT2D eigenvalue weighted by Gasteiger charge is 2.39. The highest BCUT2D eigenvalue weighted by atomic mass is 79.9. The summed E-state index contributed by atoms with van der Waals surface area (Å²) in [4.78, 5) is 4.32. The van der Waals surface area contributed by atoms with E-state index in [1.165, 1.54) is 24.8 Å². The number of hydrogen-bond acceptors (Lipinski definition) is 2. The van der Waals surface area contributed by atoms with Gasteiger partial charge in [0.05, 0.1) is 5.69 Å². The van der Waals surface area contributed by atoms with E-state index in [9.17, 15) is 0 Å². The molecule has 0 amide bonds. The van der Waals surface area contributed by atoms with Gasteiger partial charge in [-0.1, -0.05) is 22.4 Å². The average molecular weight is 280 g/mol. The molecular weight excluding hydrogens is 266 g/mol. The van der Waals surface area contributed by atoms with Crippen molar-refractivity contribution in [3.05, 3.63) is 28.2 Å². The van der Waals surface area contributed by atoms with Crippen molar-refractivity contribution in [2.24, 2.45) is 4.99 Å². The van der Waals surface area contributed by atoms with Crippen LogP contribution in [0, 0.1) is 0 Å². The molecule has 84 valence electrons. The van der Waals surface area contributed by atoms with Gasteiger partial charge in [0.25, 0.3) is 0 Å². The van der Waals surface area contributed by atoms with Gasteiger partial charge in [0.15, 0.2) is 6.40 Å². The number of rotatable bonds is 0. The second-order valence-corrected chi connectivity index (χ2v) is 5.48. The smallest absolute Gasteiger partial charge is 0.175 e. The maximum Gasteiger partial charge on any atom is 0.175 e. The Morgan fingerprint density at radius 1 is 1.19 bits per heavy atom. The van der Waals surface area contributed by atoms with Gasteiger partial charge in [0.1, 0.15) is 5.60 Å². The fourth-order valence-corrected chi connectivity index (χ4v) is 3.10. The Balaban J connectivity index is 2.10. The van der Waals surface area contributed by atoms with E-state index in [0.29, 0.717) is 0 Å². The summed E-state index contributed by atoms with van der Waals surface area (Å²) in [5.41, 5.74) is 2.22. The Kier molecular flexibility index (Phi) is 2.51. The van der Waals surface area contributed by atoms with Gasteiger partial charge in [0, 0.05) is 10.0 Å². The second kappa shape index (κ2) is 3.88. The van der Waals surface area contributed by atoms with Gasteiger partial charge >= 0.3 is 0 Å². The van der Waals surface area contributed by atoms with Crippen molar-refractivity contribution >= 4 is 28.0 Å². The van der Waals surface area contributed by atoms with E-state index in [-0.39, 0.29) is 5.60 Å². The first kappa shape index (κ1) is 10.3. The summed E-state index contributed by atoms with van der Waals surface area (Å²) in [5.74, 6) is 0. The molecule has 1 aliphatic heterocycles. The Morgan fingerprint density at radius 3 is 2.81 bits per heavy atom. The minimum Gasteiger partial charge on any atom is -0.472 e. The Labute approximate surface area is 104 Å². The molecule has 3 heteroatoms. The van der Waals surface area contributed by atoms with Crippen molar-refractivity contribution in [3.8, 4) is 0 Å². The molecule has 2 aliphatic rings. The third kappa shape index (κ3) is 1.58. The summed E-state index contributed by atoms with van der Waals surface area (Å²) in [6.45, 7) is 0.